The molecule has 1 aliphatic rings. The molecule has 2 N–H and O–H groups in total. The predicted molar refractivity (Wildman–Crippen MR) is 74.3 cm³/mol. The third kappa shape index (κ3) is 4.00. The summed E-state index contributed by atoms with van der Waals surface area (Å²) >= 11 is 0. The zero-order valence-corrected chi connectivity index (χ0v) is 12.2. The molecule has 0 amide bonds. The van der Waals surface area contributed by atoms with Gasteiger partial charge >= 0.3 is 0 Å². The van der Waals surface area contributed by atoms with Crippen molar-refractivity contribution in [2.24, 2.45) is 5.92 Å². The molecule has 0 unspecified atom stereocenters. The monoisotopic (exact) mass is 312 g/mol. The number of benzene rings is 1. The number of halogens is 1. The Morgan fingerprint density at radius 1 is 1.33 bits per heavy atom. The van der Waals surface area contributed by atoms with E-state index >= 15 is 0 Å². The third-order valence-corrected chi connectivity index (χ3v) is 5.17. The molecule has 1 aliphatic carbocycles. The molecule has 114 valence electrons. The van der Waals surface area contributed by atoms with Crippen LogP contribution in [0.2, 0.25) is 0 Å². The Morgan fingerprint density at radius 2 is 2.00 bits per heavy atom. The number of nitrogens with zero attached hydrogens (tertiary/aromatic N) is 1. The molecular formula is C14H17FN2O3S. The molecule has 1 aromatic carbocycles. The zero-order valence-electron chi connectivity index (χ0n) is 11.4. The topological polar surface area (TPSA) is 90.2 Å². The fourth-order valence-electron chi connectivity index (χ4n) is 2.42. The lowest BCUT2D eigenvalue weighted by molar-refractivity contribution is 0.109. The average Bonchev–Trinajstić information content (AvgIpc) is 2.47. The lowest BCUT2D eigenvalue weighted by Crippen LogP contribution is -2.32. The van der Waals surface area contributed by atoms with E-state index in [0.717, 1.165) is 31.0 Å². The van der Waals surface area contributed by atoms with Crippen molar-refractivity contribution in [2.45, 2.75) is 36.7 Å². The van der Waals surface area contributed by atoms with E-state index in [0.29, 0.717) is 12.8 Å². The van der Waals surface area contributed by atoms with Gasteiger partial charge in [0.1, 0.15) is 11.9 Å². The minimum absolute atomic E-state index is 0.115. The third-order valence-electron chi connectivity index (χ3n) is 3.75. The number of nitriles is 1. The van der Waals surface area contributed by atoms with Crippen molar-refractivity contribution in [3.8, 4) is 6.07 Å². The molecule has 0 heterocycles. The van der Waals surface area contributed by atoms with E-state index in [2.05, 4.69) is 4.72 Å². The molecule has 7 heteroatoms. The van der Waals surface area contributed by atoms with E-state index in [-0.39, 0.29) is 29.0 Å². The number of aliphatic hydroxyl groups excluding tert-OH is 1. The molecular weight excluding hydrogens is 295 g/mol. The molecule has 2 rings (SSSR count). The van der Waals surface area contributed by atoms with Gasteiger partial charge in [-0.05, 0) is 49.8 Å². The van der Waals surface area contributed by atoms with E-state index in [1.54, 1.807) is 6.07 Å². The molecule has 1 saturated carbocycles. The van der Waals surface area contributed by atoms with Gasteiger partial charge in [0.15, 0.2) is 0 Å². The Bertz CT molecular complexity index is 647. The van der Waals surface area contributed by atoms with Gasteiger partial charge in [-0.3, -0.25) is 0 Å². The van der Waals surface area contributed by atoms with Gasteiger partial charge in [0, 0.05) is 6.54 Å². The second-order valence-electron chi connectivity index (χ2n) is 5.28. The van der Waals surface area contributed by atoms with Crippen molar-refractivity contribution in [1.82, 2.24) is 4.72 Å². The second-order valence-corrected chi connectivity index (χ2v) is 7.05. The Kier molecular flexibility index (Phi) is 4.93. The molecule has 0 bridgehead atoms. The van der Waals surface area contributed by atoms with Crippen LogP contribution in [0, 0.1) is 23.1 Å². The van der Waals surface area contributed by atoms with Crippen LogP contribution in [-0.4, -0.2) is 26.2 Å². The summed E-state index contributed by atoms with van der Waals surface area (Å²) in [6.07, 6.45) is 2.63. The fraction of sp³-hybridized carbons (Fsp3) is 0.500. The van der Waals surface area contributed by atoms with E-state index in [1.807, 2.05) is 0 Å². The molecule has 0 aliphatic heterocycles. The van der Waals surface area contributed by atoms with E-state index in [4.69, 9.17) is 5.26 Å². The standard InChI is InChI=1S/C14H17FN2O3S/c15-14-6-5-13(7-11(14)8-16)21(19,20)17-9-10-1-3-12(18)4-2-10/h5-7,10,12,17-18H,1-4,9H2. The first kappa shape index (κ1) is 15.9. The number of rotatable bonds is 4. The van der Waals surface area contributed by atoms with Gasteiger partial charge in [-0.15, -0.1) is 0 Å². The van der Waals surface area contributed by atoms with E-state index < -0.39 is 15.8 Å². The molecule has 1 fully saturated rings. The summed E-state index contributed by atoms with van der Waals surface area (Å²) in [7, 11) is -3.75. The Morgan fingerprint density at radius 3 is 2.62 bits per heavy atom. The minimum Gasteiger partial charge on any atom is -0.393 e. The van der Waals surface area contributed by atoms with Gasteiger partial charge in [-0.2, -0.15) is 5.26 Å². The summed E-state index contributed by atoms with van der Waals surface area (Å²) < 4.78 is 40.0. The van der Waals surface area contributed by atoms with Gasteiger partial charge in [0.2, 0.25) is 10.0 Å². The highest BCUT2D eigenvalue weighted by molar-refractivity contribution is 7.89. The van der Waals surface area contributed by atoms with Crippen LogP contribution in [0.1, 0.15) is 31.2 Å². The first-order chi connectivity index (χ1) is 9.92. The second kappa shape index (κ2) is 6.52. The van der Waals surface area contributed by atoms with Crippen LogP contribution in [0.4, 0.5) is 4.39 Å². The van der Waals surface area contributed by atoms with Crippen LogP contribution >= 0.6 is 0 Å². The lowest BCUT2D eigenvalue weighted by Gasteiger charge is -2.25. The number of aliphatic hydroxyl groups is 1. The maximum absolute atomic E-state index is 13.2. The molecule has 0 aromatic heterocycles. The quantitative estimate of drug-likeness (QED) is 0.882. The molecule has 0 atom stereocenters. The Hall–Kier alpha value is -1.49. The lowest BCUT2D eigenvalue weighted by atomic mass is 9.88. The predicted octanol–water partition coefficient (Wildman–Crippen LogP) is 1.53. The normalized spacial score (nSPS) is 22.7. The van der Waals surface area contributed by atoms with Crippen molar-refractivity contribution in [2.75, 3.05) is 6.54 Å². The maximum atomic E-state index is 13.2. The van der Waals surface area contributed by atoms with Crippen molar-refractivity contribution < 1.29 is 17.9 Å². The number of sulfonamides is 1. The fourth-order valence-corrected chi connectivity index (χ4v) is 3.56. The number of hydrogen-bond acceptors (Lipinski definition) is 4. The molecule has 1 aromatic rings. The molecule has 0 spiro atoms. The van der Waals surface area contributed by atoms with Crippen molar-refractivity contribution in [1.29, 1.82) is 5.26 Å². The molecule has 0 saturated heterocycles. The SMILES string of the molecule is N#Cc1cc(S(=O)(=O)NCC2CCC(O)CC2)ccc1F. The summed E-state index contributed by atoms with van der Waals surface area (Å²) in [6.45, 7) is 0.286. The highest BCUT2D eigenvalue weighted by atomic mass is 32.2. The van der Waals surface area contributed by atoms with E-state index in [1.165, 1.54) is 0 Å². The van der Waals surface area contributed by atoms with Crippen molar-refractivity contribution >= 4 is 10.0 Å². The zero-order chi connectivity index (χ0) is 15.5. The summed E-state index contributed by atoms with van der Waals surface area (Å²) in [5.74, 6) is -0.545. The van der Waals surface area contributed by atoms with Gasteiger partial charge in [-0.25, -0.2) is 17.5 Å². The van der Waals surface area contributed by atoms with Crippen LogP contribution in [0.25, 0.3) is 0 Å². The van der Waals surface area contributed by atoms with Crippen LogP contribution in [0.5, 0.6) is 0 Å². The Balaban J connectivity index is 2.03. The van der Waals surface area contributed by atoms with Gasteiger partial charge in [0.05, 0.1) is 16.6 Å². The highest BCUT2D eigenvalue weighted by Gasteiger charge is 2.22. The van der Waals surface area contributed by atoms with Crippen molar-refractivity contribution in [3.63, 3.8) is 0 Å². The number of nitrogens with one attached hydrogen (secondary N) is 1. The van der Waals surface area contributed by atoms with E-state index in [9.17, 15) is 17.9 Å². The highest BCUT2D eigenvalue weighted by Crippen LogP contribution is 2.24. The van der Waals surface area contributed by atoms with Gasteiger partial charge < -0.3 is 5.11 Å². The Labute approximate surface area is 123 Å². The summed E-state index contributed by atoms with van der Waals surface area (Å²) in [4.78, 5) is -0.115. The maximum Gasteiger partial charge on any atom is 0.240 e. The van der Waals surface area contributed by atoms with Gasteiger partial charge in [0.25, 0.3) is 0 Å². The van der Waals surface area contributed by atoms with Crippen LogP contribution in [-0.2, 0) is 10.0 Å². The number of hydrogen-bond donors (Lipinski definition) is 2. The largest absolute Gasteiger partial charge is 0.393 e. The average molecular weight is 312 g/mol. The molecule has 0 radical (unpaired) electrons. The van der Waals surface area contributed by atoms with Crippen LogP contribution in [0.3, 0.4) is 0 Å². The summed E-state index contributed by atoms with van der Waals surface area (Å²) in [6, 6.07) is 4.77. The van der Waals surface area contributed by atoms with Crippen molar-refractivity contribution in [3.05, 3.63) is 29.6 Å². The minimum atomic E-state index is -3.75. The summed E-state index contributed by atoms with van der Waals surface area (Å²) in [5, 5.41) is 18.2. The summed E-state index contributed by atoms with van der Waals surface area (Å²) in [5.41, 5.74) is -0.293. The smallest absolute Gasteiger partial charge is 0.240 e. The molecule has 21 heavy (non-hydrogen) atoms. The first-order valence-electron chi connectivity index (χ1n) is 6.80. The van der Waals surface area contributed by atoms with Gasteiger partial charge in [-0.1, -0.05) is 0 Å². The first-order valence-corrected chi connectivity index (χ1v) is 8.28. The van der Waals surface area contributed by atoms with Crippen LogP contribution < -0.4 is 4.72 Å². The molecule has 5 nitrogen and oxygen atoms in total. The van der Waals surface area contributed by atoms with Crippen LogP contribution in [0.15, 0.2) is 23.1 Å².